The van der Waals surface area contributed by atoms with Crippen LogP contribution in [0.25, 0.3) is 0 Å². The van der Waals surface area contributed by atoms with Crippen LogP contribution in [-0.2, 0) is 19.2 Å². The van der Waals surface area contributed by atoms with Crippen LogP contribution in [0.1, 0.15) is 26.2 Å². The van der Waals surface area contributed by atoms with Gasteiger partial charge in [0.25, 0.3) is 0 Å². The maximum Gasteiger partial charge on any atom is 0.317 e. The van der Waals surface area contributed by atoms with E-state index >= 15 is 0 Å². The third-order valence-corrected chi connectivity index (χ3v) is 2.91. The van der Waals surface area contributed by atoms with Gasteiger partial charge in [-0.1, -0.05) is 13.3 Å². The molecule has 0 aromatic carbocycles. The number of hydrogen-bond acceptors (Lipinski definition) is 4. The molecule has 0 spiro atoms. The molecule has 0 fully saturated rings. The first kappa shape index (κ1) is 16.9. The summed E-state index contributed by atoms with van der Waals surface area (Å²) in [5.74, 6) is -9.44. The highest BCUT2D eigenvalue weighted by atomic mass is 16.4. The van der Waals surface area contributed by atoms with Gasteiger partial charge in [0.15, 0.2) is 5.92 Å². The van der Waals surface area contributed by atoms with Crippen molar-refractivity contribution < 1.29 is 39.6 Å². The second-order valence-corrected chi connectivity index (χ2v) is 4.23. The van der Waals surface area contributed by atoms with Crippen molar-refractivity contribution in [1.82, 2.24) is 0 Å². The van der Waals surface area contributed by atoms with E-state index in [1.807, 2.05) is 0 Å². The lowest BCUT2D eigenvalue weighted by atomic mass is 9.88. The minimum absolute atomic E-state index is 0.0118. The first-order chi connectivity index (χ1) is 8.68. The van der Waals surface area contributed by atoms with Crippen molar-refractivity contribution in [3.05, 3.63) is 0 Å². The van der Waals surface area contributed by atoms with Gasteiger partial charge in [-0.3, -0.25) is 19.2 Å². The van der Waals surface area contributed by atoms with Crippen molar-refractivity contribution >= 4 is 23.9 Å². The van der Waals surface area contributed by atoms with Gasteiger partial charge in [0.05, 0.1) is 11.8 Å². The Kier molecular flexibility index (Phi) is 6.53. The van der Waals surface area contributed by atoms with Crippen molar-refractivity contribution in [1.29, 1.82) is 0 Å². The molecule has 8 nitrogen and oxygen atoms in total. The summed E-state index contributed by atoms with van der Waals surface area (Å²) in [6.07, 6.45) is -0.307. The fourth-order valence-corrected chi connectivity index (χ4v) is 1.65. The minimum Gasteiger partial charge on any atom is -0.481 e. The van der Waals surface area contributed by atoms with Gasteiger partial charge in [0.2, 0.25) is 0 Å². The molecule has 0 radical (unpaired) electrons. The second-order valence-electron chi connectivity index (χ2n) is 4.23. The SMILES string of the molecule is CC(C(=O)O)C(CCCC(C(=O)O)C(=O)O)C(=O)O. The van der Waals surface area contributed by atoms with E-state index < -0.39 is 41.6 Å². The summed E-state index contributed by atoms with van der Waals surface area (Å²) < 4.78 is 0. The lowest BCUT2D eigenvalue weighted by Crippen LogP contribution is -2.28. The summed E-state index contributed by atoms with van der Waals surface area (Å²) >= 11 is 0. The molecule has 2 unspecified atom stereocenters. The summed E-state index contributed by atoms with van der Waals surface area (Å²) in [4.78, 5) is 42.8. The Morgan fingerprint density at radius 1 is 0.789 bits per heavy atom. The van der Waals surface area contributed by atoms with E-state index in [2.05, 4.69) is 0 Å². The van der Waals surface area contributed by atoms with E-state index in [-0.39, 0.29) is 19.3 Å². The molecule has 8 heteroatoms. The molecule has 0 rings (SSSR count). The predicted molar refractivity (Wildman–Crippen MR) is 60.5 cm³/mol. The van der Waals surface area contributed by atoms with Crippen LogP contribution < -0.4 is 0 Å². The third-order valence-electron chi connectivity index (χ3n) is 2.91. The molecule has 0 aliphatic heterocycles. The zero-order valence-corrected chi connectivity index (χ0v) is 10.3. The smallest absolute Gasteiger partial charge is 0.317 e. The van der Waals surface area contributed by atoms with Gasteiger partial charge in [-0.15, -0.1) is 0 Å². The van der Waals surface area contributed by atoms with Crippen LogP contribution in [0.15, 0.2) is 0 Å². The summed E-state index contributed by atoms with van der Waals surface area (Å²) in [7, 11) is 0. The Hall–Kier alpha value is -2.12. The normalized spacial score (nSPS) is 13.8. The van der Waals surface area contributed by atoms with Crippen LogP contribution >= 0.6 is 0 Å². The van der Waals surface area contributed by atoms with Crippen LogP contribution in [0.4, 0.5) is 0 Å². The van der Waals surface area contributed by atoms with Gasteiger partial charge in [-0.25, -0.2) is 0 Å². The molecule has 0 aromatic heterocycles. The van der Waals surface area contributed by atoms with Crippen molar-refractivity contribution in [3.8, 4) is 0 Å². The topological polar surface area (TPSA) is 149 Å². The van der Waals surface area contributed by atoms with Gasteiger partial charge in [-0.05, 0) is 12.8 Å². The molecule has 0 saturated heterocycles. The molecular formula is C11H16O8. The summed E-state index contributed by atoms with van der Waals surface area (Å²) in [5.41, 5.74) is 0. The highest BCUT2D eigenvalue weighted by molar-refractivity contribution is 5.92. The quantitative estimate of drug-likeness (QED) is 0.441. The molecule has 0 amide bonds. The molecule has 0 saturated carbocycles. The molecule has 108 valence electrons. The predicted octanol–water partition coefficient (Wildman–Crippen LogP) is 0.364. The summed E-state index contributed by atoms with van der Waals surface area (Å²) in [5, 5.41) is 34.9. The Morgan fingerprint density at radius 2 is 1.26 bits per heavy atom. The molecule has 19 heavy (non-hydrogen) atoms. The maximum atomic E-state index is 10.9. The van der Waals surface area contributed by atoms with Crippen LogP contribution in [0, 0.1) is 17.8 Å². The minimum atomic E-state index is -1.60. The van der Waals surface area contributed by atoms with Gasteiger partial charge in [0, 0.05) is 0 Å². The molecule has 2 atom stereocenters. The highest BCUT2D eigenvalue weighted by Crippen LogP contribution is 2.21. The van der Waals surface area contributed by atoms with E-state index in [4.69, 9.17) is 20.4 Å². The van der Waals surface area contributed by atoms with Crippen molar-refractivity contribution in [3.63, 3.8) is 0 Å². The average molecular weight is 276 g/mol. The van der Waals surface area contributed by atoms with E-state index in [0.29, 0.717) is 0 Å². The summed E-state index contributed by atoms with van der Waals surface area (Å²) in [6.45, 7) is 1.24. The zero-order chi connectivity index (χ0) is 15.2. The fourth-order valence-electron chi connectivity index (χ4n) is 1.65. The number of carboxylic acids is 4. The highest BCUT2D eigenvalue weighted by Gasteiger charge is 2.31. The lowest BCUT2D eigenvalue weighted by molar-refractivity contribution is -0.155. The number of aliphatic carboxylic acids is 4. The first-order valence-corrected chi connectivity index (χ1v) is 5.59. The fraction of sp³-hybridized carbons (Fsp3) is 0.636. The largest absolute Gasteiger partial charge is 0.481 e. The molecule has 4 N–H and O–H groups in total. The van der Waals surface area contributed by atoms with Gasteiger partial charge >= 0.3 is 23.9 Å². The number of rotatable bonds is 9. The molecular weight excluding hydrogens is 260 g/mol. The maximum absolute atomic E-state index is 10.9. The summed E-state index contributed by atoms with van der Waals surface area (Å²) in [6, 6.07) is 0. The third kappa shape index (κ3) is 5.36. The molecule has 0 heterocycles. The Balaban J connectivity index is 4.50. The molecule has 0 aliphatic rings. The monoisotopic (exact) mass is 276 g/mol. The van der Waals surface area contributed by atoms with Crippen molar-refractivity contribution in [2.45, 2.75) is 26.2 Å². The Labute approximate surface area is 108 Å². The average Bonchev–Trinajstić information content (AvgIpc) is 2.26. The van der Waals surface area contributed by atoms with Gasteiger partial charge in [-0.2, -0.15) is 0 Å². The number of carbonyl (C=O) groups is 4. The first-order valence-electron chi connectivity index (χ1n) is 5.59. The molecule has 0 aromatic rings. The van der Waals surface area contributed by atoms with E-state index in [9.17, 15) is 19.2 Å². The second kappa shape index (κ2) is 7.34. The van der Waals surface area contributed by atoms with E-state index in [0.717, 1.165) is 0 Å². The lowest BCUT2D eigenvalue weighted by Gasteiger charge is -2.16. The van der Waals surface area contributed by atoms with Crippen molar-refractivity contribution in [2.24, 2.45) is 17.8 Å². The number of hydrogen-bond donors (Lipinski definition) is 4. The van der Waals surface area contributed by atoms with Crippen LogP contribution in [0.5, 0.6) is 0 Å². The van der Waals surface area contributed by atoms with Crippen LogP contribution in [-0.4, -0.2) is 44.3 Å². The van der Waals surface area contributed by atoms with Crippen LogP contribution in [0.3, 0.4) is 0 Å². The molecule has 0 aliphatic carbocycles. The Morgan fingerprint density at radius 3 is 1.58 bits per heavy atom. The van der Waals surface area contributed by atoms with Crippen molar-refractivity contribution in [2.75, 3.05) is 0 Å². The zero-order valence-electron chi connectivity index (χ0n) is 10.3. The van der Waals surface area contributed by atoms with Gasteiger partial charge in [0.1, 0.15) is 0 Å². The van der Waals surface area contributed by atoms with E-state index in [1.165, 1.54) is 6.92 Å². The van der Waals surface area contributed by atoms with E-state index in [1.54, 1.807) is 0 Å². The standard InChI is InChI=1S/C11H16O8/c1-5(8(12)13)6(9(14)15)3-2-4-7(10(16)17)11(18)19/h5-7H,2-4H2,1H3,(H,12,13)(H,14,15)(H,16,17)(H,18,19). The van der Waals surface area contributed by atoms with Gasteiger partial charge < -0.3 is 20.4 Å². The van der Waals surface area contributed by atoms with Crippen LogP contribution in [0.2, 0.25) is 0 Å². The Bertz CT molecular complexity index is 361. The molecule has 0 bridgehead atoms. The number of carboxylic acid groups (broad SMARTS) is 4.